The van der Waals surface area contributed by atoms with Crippen molar-refractivity contribution in [2.45, 2.75) is 20.3 Å². The van der Waals surface area contributed by atoms with Crippen LogP contribution in [0.15, 0.2) is 24.3 Å². The van der Waals surface area contributed by atoms with Gasteiger partial charge in [-0.15, -0.1) is 0 Å². The van der Waals surface area contributed by atoms with E-state index in [0.29, 0.717) is 13.0 Å². The maximum absolute atomic E-state index is 12.1. The highest BCUT2D eigenvalue weighted by Gasteiger charge is 2.24. The molecule has 0 heterocycles. The van der Waals surface area contributed by atoms with Crippen molar-refractivity contribution >= 4 is 23.1 Å². The molecule has 0 radical (unpaired) electrons. The summed E-state index contributed by atoms with van der Waals surface area (Å²) in [4.78, 5) is 12.3. The number of thiocarbonyl (C=S) groups is 1. The minimum Gasteiger partial charge on any atom is -0.496 e. The Labute approximate surface area is 125 Å². The molecule has 20 heavy (non-hydrogen) atoms. The molecule has 1 amide bonds. The number of benzene rings is 1. The standard InChI is InChI=1S/C15H22N2O2S/c1-10(2)13(14(16)20)15(18)17-9-8-11-6-4-5-7-12(11)19-3/h4-7,10,13H,8-9H2,1-3H3,(H2,16,20)(H,17,18). The molecule has 4 nitrogen and oxygen atoms in total. The van der Waals surface area contributed by atoms with Crippen LogP contribution in [0, 0.1) is 11.8 Å². The number of hydrogen-bond acceptors (Lipinski definition) is 3. The lowest BCUT2D eigenvalue weighted by Crippen LogP contribution is -2.41. The Morgan fingerprint density at radius 2 is 2.05 bits per heavy atom. The van der Waals surface area contributed by atoms with Crippen molar-refractivity contribution in [2.24, 2.45) is 17.6 Å². The fraction of sp³-hybridized carbons (Fsp3) is 0.467. The zero-order valence-corrected chi connectivity index (χ0v) is 13.0. The third kappa shape index (κ3) is 4.49. The van der Waals surface area contributed by atoms with E-state index in [1.54, 1.807) is 7.11 Å². The zero-order chi connectivity index (χ0) is 15.1. The van der Waals surface area contributed by atoms with Gasteiger partial charge in [-0.2, -0.15) is 0 Å². The first-order valence-corrected chi connectivity index (χ1v) is 7.07. The Balaban J connectivity index is 2.55. The number of ether oxygens (including phenoxy) is 1. The topological polar surface area (TPSA) is 64.3 Å². The Kier molecular flexibility index (Phi) is 6.45. The number of carbonyl (C=O) groups excluding carboxylic acids is 1. The fourth-order valence-corrected chi connectivity index (χ4v) is 2.48. The summed E-state index contributed by atoms with van der Waals surface area (Å²) in [6, 6.07) is 7.76. The Bertz CT molecular complexity index is 475. The first-order valence-electron chi connectivity index (χ1n) is 6.66. The van der Waals surface area contributed by atoms with Crippen molar-refractivity contribution in [3.63, 3.8) is 0 Å². The van der Waals surface area contributed by atoms with E-state index in [1.807, 2.05) is 38.1 Å². The molecule has 0 saturated heterocycles. The van der Waals surface area contributed by atoms with E-state index in [-0.39, 0.29) is 16.8 Å². The van der Waals surface area contributed by atoms with E-state index in [1.165, 1.54) is 0 Å². The van der Waals surface area contributed by atoms with Crippen LogP contribution in [0.1, 0.15) is 19.4 Å². The normalized spacial score (nSPS) is 12.0. The third-order valence-corrected chi connectivity index (χ3v) is 3.40. The number of nitrogens with two attached hydrogens (primary N) is 1. The van der Waals surface area contributed by atoms with E-state index in [0.717, 1.165) is 11.3 Å². The number of amides is 1. The number of para-hydroxylation sites is 1. The van der Waals surface area contributed by atoms with Gasteiger partial charge in [0.15, 0.2) is 0 Å². The average Bonchev–Trinajstić information content (AvgIpc) is 2.38. The molecule has 0 spiro atoms. The summed E-state index contributed by atoms with van der Waals surface area (Å²) in [5.41, 5.74) is 6.68. The van der Waals surface area contributed by atoms with Gasteiger partial charge < -0.3 is 15.8 Å². The number of nitrogens with one attached hydrogen (secondary N) is 1. The molecule has 3 N–H and O–H groups in total. The minimum absolute atomic E-state index is 0.0961. The molecular formula is C15H22N2O2S. The second-order valence-electron chi connectivity index (χ2n) is 4.98. The lowest BCUT2D eigenvalue weighted by Gasteiger charge is -2.19. The van der Waals surface area contributed by atoms with Gasteiger partial charge in [-0.25, -0.2) is 0 Å². The van der Waals surface area contributed by atoms with Crippen molar-refractivity contribution in [1.29, 1.82) is 0 Å². The van der Waals surface area contributed by atoms with Gasteiger partial charge >= 0.3 is 0 Å². The smallest absolute Gasteiger partial charge is 0.230 e. The molecule has 0 fully saturated rings. The average molecular weight is 294 g/mol. The third-order valence-electron chi connectivity index (χ3n) is 3.14. The number of methoxy groups -OCH3 is 1. The molecule has 5 heteroatoms. The van der Waals surface area contributed by atoms with Crippen LogP contribution in [0.2, 0.25) is 0 Å². The van der Waals surface area contributed by atoms with Crippen molar-refractivity contribution in [2.75, 3.05) is 13.7 Å². The van der Waals surface area contributed by atoms with Crippen molar-refractivity contribution < 1.29 is 9.53 Å². The molecule has 0 aliphatic carbocycles. The van der Waals surface area contributed by atoms with Gasteiger partial charge in [0.2, 0.25) is 5.91 Å². The van der Waals surface area contributed by atoms with E-state index >= 15 is 0 Å². The molecule has 0 aromatic heterocycles. The highest BCUT2D eigenvalue weighted by atomic mass is 32.1. The molecule has 110 valence electrons. The lowest BCUT2D eigenvalue weighted by atomic mass is 9.95. The fourth-order valence-electron chi connectivity index (χ4n) is 2.10. The Hall–Kier alpha value is -1.62. The molecule has 1 aromatic rings. The highest BCUT2D eigenvalue weighted by Crippen LogP contribution is 2.17. The maximum atomic E-state index is 12.1. The van der Waals surface area contributed by atoms with Crippen LogP contribution in [-0.4, -0.2) is 24.6 Å². The van der Waals surface area contributed by atoms with E-state index in [4.69, 9.17) is 22.7 Å². The molecule has 0 aliphatic rings. The second kappa shape index (κ2) is 7.85. The summed E-state index contributed by atoms with van der Waals surface area (Å²) >= 11 is 4.95. The molecule has 1 atom stereocenters. The molecule has 0 aliphatic heterocycles. The van der Waals surface area contributed by atoms with E-state index in [9.17, 15) is 4.79 Å². The van der Waals surface area contributed by atoms with Crippen molar-refractivity contribution in [1.82, 2.24) is 5.32 Å². The SMILES string of the molecule is COc1ccccc1CCNC(=O)C(C(N)=S)C(C)C. The zero-order valence-electron chi connectivity index (χ0n) is 12.2. The van der Waals surface area contributed by atoms with Crippen LogP contribution in [0.4, 0.5) is 0 Å². The minimum atomic E-state index is -0.414. The predicted molar refractivity (Wildman–Crippen MR) is 84.8 cm³/mol. The second-order valence-corrected chi connectivity index (χ2v) is 5.45. The van der Waals surface area contributed by atoms with Crippen molar-refractivity contribution in [3.8, 4) is 5.75 Å². The summed E-state index contributed by atoms with van der Waals surface area (Å²) in [6.45, 7) is 4.40. The van der Waals surface area contributed by atoms with Gasteiger partial charge in [0.25, 0.3) is 0 Å². The summed E-state index contributed by atoms with van der Waals surface area (Å²) in [6.07, 6.45) is 0.706. The van der Waals surface area contributed by atoms with Crippen LogP contribution in [0.3, 0.4) is 0 Å². The Morgan fingerprint density at radius 1 is 1.40 bits per heavy atom. The molecule has 1 rings (SSSR count). The van der Waals surface area contributed by atoms with Gasteiger partial charge in [0.1, 0.15) is 5.75 Å². The number of rotatable bonds is 7. The van der Waals surface area contributed by atoms with E-state index in [2.05, 4.69) is 5.32 Å². The molecular weight excluding hydrogens is 272 g/mol. The van der Waals surface area contributed by atoms with Gasteiger partial charge in [-0.3, -0.25) is 4.79 Å². The molecule has 0 saturated carbocycles. The summed E-state index contributed by atoms with van der Waals surface area (Å²) < 4.78 is 5.27. The van der Waals surface area contributed by atoms with Crippen LogP contribution in [0.25, 0.3) is 0 Å². The van der Waals surface area contributed by atoms with Crippen LogP contribution in [-0.2, 0) is 11.2 Å². The first kappa shape index (κ1) is 16.4. The first-order chi connectivity index (χ1) is 9.47. The summed E-state index contributed by atoms with van der Waals surface area (Å²) in [5.74, 6) is 0.403. The largest absolute Gasteiger partial charge is 0.496 e. The Morgan fingerprint density at radius 3 is 2.60 bits per heavy atom. The van der Waals surface area contributed by atoms with Gasteiger partial charge in [-0.05, 0) is 24.0 Å². The number of carbonyl (C=O) groups is 1. The van der Waals surface area contributed by atoms with Gasteiger partial charge in [0, 0.05) is 6.54 Å². The quantitative estimate of drug-likeness (QED) is 0.754. The lowest BCUT2D eigenvalue weighted by molar-refractivity contribution is -0.123. The molecule has 1 unspecified atom stereocenters. The van der Waals surface area contributed by atoms with Crippen LogP contribution in [0.5, 0.6) is 5.75 Å². The van der Waals surface area contributed by atoms with Crippen LogP contribution >= 0.6 is 12.2 Å². The molecule has 1 aromatic carbocycles. The maximum Gasteiger partial charge on any atom is 0.230 e. The summed E-state index contributed by atoms with van der Waals surface area (Å²) in [7, 11) is 1.64. The summed E-state index contributed by atoms with van der Waals surface area (Å²) in [5, 5.41) is 2.88. The van der Waals surface area contributed by atoms with E-state index < -0.39 is 5.92 Å². The predicted octanol–water partition coefficient (Wildman–Crippen LogP) is 1.91. The molecule has 0 bridgehead atoms. The van der Waals surface area contributed by atoms with Crippen molar-refractivity contribution in [3.05, 3.63) is 29.8 Å². The van der Waals surface area contributed by atoms with Gasteiger partial charge in [0.05, 0.1) is 18.0 Å². The number of hydrogen-bond donors (Lipinski definition) is 2. The highest BCUT2D eigenvalue weighted by molar-refractivity contribution is 7.80. The van der Waals surface area contributed by atoms with Gasteiger partial charge in [-0.1, -0.05) is 44.3 Å². The van der Waals surface area contributed by atoms with Crippen LogP contribution < -0.4 is 15.8 Å². The monoisotopic (exact) mass is 294 g/mol.